The van der Waals surface area contributed by atoms with E-state index in [0.717, 1.165) is 28.0 Å². The molecule has 0 unspecified atom stereocenters. The third kappa shape index (κ3) is 3.38. The van der Waals surface area contributed by atoms with Gasteiger partial charge >= 0.3 is 0 Å². The summed E-state index contributed by atoms with van der Waals surface area (Å²) in [6, 6.07) is 9.19. The Labute approximate surface area is 192 Å². The number of aliphatic hydroxyl groups excluding tert-OH is 1. The molecule has 0 radical (unpaired) electrons. The molecule has 0 spiro atoms. The van der Waals surface area contributed by atoms with Crippen LogP contribution < -0.4 is 14.8 Å². The van der Waals surface area contributed by atoms with Crippen molar-refractivity contribution in [1.29, 1.82) is 0 Å². The van der Waals surface area contributed by atoms with Gasteiger partial charge in [0.1, 0.15) is 23.0 Å². The molecule has 2 aromatic carbocycles. The molecule has 0 saturated carbocycles. The van der Waals surface area contributed by atoms with E-state index in [0.29, 0.717) is 39.9 Å². The molecule has 3 heterocycles. The van der Waals surface area contributed by atoms with Gasteiger partial charge < -0.3 is 29.4 Å². The van der Waals surface area contributed by atoms with Crippen molar-refractivity contribution in [2.24, 2.45) is 0 Å². The van der Waals surface area contributed by atoms with E-state index in [1.165, 1.54) is 7.11 Å². The van der Waals surface area contributed by atoms with Crippen LogP contribution in [0.5, 0.6) is 17.2 Å². The van der Waals surface area contributed by atoms with E-state index in [9.17, 15) is 10.2 Å². The van der Waals surface area contributed by atoms with Gasteiger partial charge in [0.25, 0.3) is 0 Å². The number of aliphatic hydroxyl groups is 1. The van der Waals surface area contributed by atoms with Crippen LogP contribution in [0.1, 0.15) is 49.0 Å². The summed E-state index contributed by atoms with van der Waals surface area (Å²) >= 11 is 0. The summed E-state index contributed by atoms with van der Waals surface area (Å²) in [5, 5.41) is 23.9. The number of fused-ring (bicyclic) bond motifs is 5. The summed E-state index contributed by atoms with van der Waals surface area (Å²) in [5.41, 5.74) is 6.08. The normalized spacial score (nSPS) is 16.8. The van der Waals surface area contributed by atoms with Gasteiger partial charge in [-0.25, -0.2) is 0 Å². The summed E-state index contributed by atoms with van der Waals surface area (Å²) in [6.45, 7) is 8.05. The fraction of sp³-hybridized carbons (Fsp3) is 0.259. The maximum atomic E-state index is 10.5. The van der Waals surface area contributed by atoms with E-state index in [2.05, 4.69) is 38.2 Å². The fourth-order valence-electron chi connectivity index (χ4n) is 4.90. The minimum atomic E-state index is -0.194. The highest BCUT2D eigenvalue weighted by atomic mass is 16.5. The highest BCUT2D eigenvalue weighted by Gasteiger charge is 2.33. The molecular formula is C27H27NO5. The minimum absolute atomic E-state index is 0.0479. The molecule has 0 amide bonds. The van der Waals surface area contributed by atoms with E-state index < -0.39 is 0 Å². The number of aromatic hydroxyl groups is 1. The molecule has 3 N–H and O–H groups in total. The highest BCUT2D eigenvalue weighted by molar-refractivity contribution is 6.02. The zero-order valence-corrected chi connectivity index (χ0v) is 19.4. The number of anilines is 1. The Bertz CT molecular complexity index is 1340. The molecule has 0 aliphatic carbocycles. The summed E-state index contributed by atoms with van der Waals surface area (Å²) in [6.07, 6.45) is 4.02. The van der Waals surface area contributed by atoms with E-state index in [-0.39, 0.29) is 17.9 Å². The molecule has 0 saturated heterocycles. The third-order valence-corrected chi connectivity index (χ3v) is 6.07. The second-order valence-electron chi connectivity index (χ2n) is 9.09. The van der Waals surface area contributed by atoms with Gasteiger partial charge in [-0.05, 0) is 57.5 Å². The number of methoxy groups -OCH3 is 1. The Balaban J connectivity index is 1.84. The van der Waals surface area contributed by atoms with E-state index in [4.69, 9.17) is 13.9 Å². The van der Waals surface area contributed by atoms with Gasteiger partial charge in [0.05, 0.1) is 24.8 Å². The molecule has 0 bridgehead atoms. The fourth-order valence-corrected chi connectivity index (χ4v) is 4.90. The van der Waals surface area contributed by atoms with Crippen LogP contribution in [0, 0.1) is 6.92 Å². The lowest BCUT2D eigenvalue weighted by atomic mass is 9.83. The van der Waals surface area contributed by atoms with Gasteiger partial charge in [-0.15, -0.1) is 0 Å². The molecule has 1 aromatic heterocycles. The van der Waals surface area contributed by atoms with Crippen LogP contribution in [0.3, 0.4) is 0 Å². The van der Waals surface area contributed by atoms with Crippen molar-refractivity contribution < 1.29 is 24.1 Å². The molecule has 0 atom stereocenters. The van der Waals surface area contributed by atoms with Crippen LogP contribution in [-0.4, -0.2) is 22.9 Å². The first-order valence-corrected chi connectivity index (χ1v) is 10.9. The number of benzene rings is 2. The van der Waals surface area contributed by atoms with Crippen LogP contribution in [-0.2, 0) is 6.61 Å². The average molecular weight is 446 g/mol. The van der Waals surface area contributed by atoms with Crippen molar-refractivity contribution in [3.8, 4) is 28.4 Å². The predicted molar refractivity (Wildman–Crippen MR) is 129 cm³/mol. The highest BCUT2D eigenvalue weighted by Crippen LogP contribution is 2.54. The smallest absolute Gasteiger partial charge is 0.172 e. The first-order chi connectivity index (χ1) is 15.7. The summed E-state index contributed by atoms with van der Waals surface area (Å²) < 4.78 is 17.8. The van der Waals surface area contributed by atoms with Gasteiger partial charge in [-0.3, -0.25) is 0 Å². The lowest BCUT2D eigenvalue weighted by molar-refractivity contribution is 0.280. The van der Waals surface area contributed by atoms with Crippen LogP contribution in [0.15, 0.2) is 40.8 Å². The molecule has 6 nitrogen and oxygen atoms in total. The third-order valence-electron chi connectivity index (χ3n) is 6.07. The first-order valence-electron chi connectivity index (χ1n) is 10.9. The molecule has 170 valence electrons. The van der Waals surface area contributed by atoms with Crippen molar-refractivity contribution in [3.05, 3.63) is 64.6 Å². The van der Waals surface area contributed by atoms with Gasteiger partial charge in [-0.1, -0.05) is 12.1 Å². The SMILES string of the molecule is COc1c(O)ccc2c1-c1ccc3c(c1C(=Cc1oc(C)cc1CO)O2)C(C)=CC(C)(C)N3. The second kappa shape index (κ2) is 7.46. The first kappa shape index (κ1) is 21.2. The Morgan fingerprint density at radius 2 is 1.88 bits per heavy atom. The number of rotatable bonds is 3. The lowest BCUT2D eigenvalue weighted by Crippen LogP contribution is -2.32. The van der Waals surface area contributed by atoms with Gasteiger partial charge in [0, 0.05) is 34.0 Å². The van der Waals surface area contributed by atoms with Crippen molar-refractivity contribution in [2.75, 3.05) is 12.4 Å². The quantitative estimate of drug-likeness (QED) is 0.461. The zero-order valence-electron chi connectivity index (χ0n) is 19.4. The number of nitrogens with one attached hydrogen (secondary N) is 1. The summed E-state index contributed by atoms with van der Waals surface area (Å²) in [5.74, 6) is 2.84. The Morgan fingerprint density at radius 3 is 2.61 bits per heavy atom. The van der Waals surface area contributed by atoms with Crippen LogP contribution in [0.2, 0.25) is 0 Å². The maximum Gasteiger partial charge on any atom is 0.172 e. The van der Waals surface area contributed by atoms with Crippen molar-refractivity contribution in [2.45, 2.75) is 39.8 Å². The van der Waals surface area contributed by atoms with Crippen LogP contribution in [0.4, 0.5) is 5.69 Å². The number of phenolic OH excluding ortho intramolecular Hbond substituents is 1. The lowest BCUT2D eigenvalue weighted by Gasteiger charge is -2.35. The van der Waals surface area contributed by atoms with Crippen molar-refractivity contribution >= 4 is 23.1 Å². The Morgan fingerprint density at radius 1 is 1.09 bits per heavy atom. The van der Waals surface area contributed by atoms with E-state index >= 15 is 0 Å². The molecular weight excluding hydrogens is 418 g/mol. The van der Waals surface area contributed by atoms with Crippen molar-refractivity contribution in [3.63, 3.8) is 0 Å². The minimum Gasteiger partial charge on any atom is -0.504 e. The van der Waals surface area contributed by atoms with Crippen LogP contribution >= 0.6 is 0 Å². The number of aryl methyl sites for hydroxylation is 1. The summed E-state index contributed by atoms with van der Waals surface area (Å²) in [4.78, 5) is 0. The number of phenols is 1. The average Bonchev–Trinajstić information content (AvgIpc) is 3.11. The molecule has 33 heavy (non-hydrogen) atoms. The number of hydrogen-bond acceptors (Lipinski definition) is 6. The second-order valence-corrected chi connectivity index (χ2v) is 9.09. The summed E-state index contributed by atoms with van der Waals surface area (Å²) in [7, 11) is 1.53. The molecule has 6 heteroatoms. The molecule has 5 rings (SSSR count). The number of ether oxygens (including phenoxy) is 2. The monoisotopic (exact) mass is 445 g/mol. The molecule has 2 aliphatic rings. The van der Waals surface area contributed by atoms with Crippen molar-refractivity contribution in [1.82, 2.24) is 0 Å². The predicted octanol–water partition coefficient (Wildman–Crippen LogP) is 5.96. The number of furan rings is 1. The molecule has 0 fully saturated rings. The molecule has 3 aromatic rings. The largest absolute Gasteiger partial charge is 0.504 e. The Hall–Kier alpha value is -3.64. The topological polar surface area (TPSA) is 84.1 Å². The maximum absolute atomic E-state index is 10.5. The number of allylic oxidation sites excluding steroid dienone is 1. The van der Waals surface area contributed by atoms with E-state index in [1.807, 2.05) is 25.1 Å². The van der Waals surface area contributed by atoms with Gasteiger partial charge in [0.2, 0.25) is 0 Å². The number of hydrogen-bond donors (Lipinski definition) is 3. The van der Waals surface area contributed by atoms with Crippen LogP contribution in [0.25, 0.3) is 28.5 Å². The van der Waals surface area contributed by atoms with Gasteiger partial charge in [0.15, 0.2) is 11.5 Å². The zero-order chi connectivity index (χ0) is 23.5. The Kier molecular flexibility index (Phi) is 4.79. The van der Waals surface area contributed by atoms with Gasteiger partial charge in [-0.2, -0.15) is 0 Å². The van der Waals surface area contributed by atoms with E-state index in [1.54, 1.807) is 12.1 Å². The standard InChI is InChI=1S/C27H27NO5/c1-14-12-27(3,4)28-18-7-6-17-24(23(14)18)22(11-21-16(13-29)10-15(2)32-21)33-20-9-8-19(30)26(31-5)25(17)20/h6-12,28-30H,13H2,1-5H3. The molecule has 2 aliphatic heterocycles.